The van der Waals surface area contributed by atoms with Crippen molar-refractivity contribution in [3.8, 4) is 5.75 Å². The summed E-state index contributed by atoms with van der Waals surface area (Å²) in [4.78, 5) is 11.9. The Hall–Kier alpha value is -1.31. The fourth-order valence-electron chi connectivity index (χ4n) is 2.87. The van der Waals surface area contributed by atoms with Gasteiger partial charge >= 0.3 is 0 Å². The Morgan fingerprint density at radius 1 is 1.28 bits per heavy atom. The summed E-state index contributed by atoms with van der Waals surface area (Å²) in [7, 11) is 0. The van der Waals surface area contributed by atoms with Gasteiger partial charge in [-0.25, -0.2) is 0 Å². The first-order valence-corrected chi connectivity index (χ1v) is 6.81. The minimum absolute atomic E-state index is 0.0560. The minimum Gasteiger partial charge on any atom is -0.489 e. The van der Waals surface area contributed by atoms with Crippen molar-refractivity contribution in [2.24, 2.45) is 5.41 Å². The predicted octanol–water partition coefficient (Wildman–Crippen LogP) is 3.83. The van der Waals surface area contributed by atoms with Gasteiger partial charge in [-0.1, -0.05) is 26.0 Å². The molecule has 1 saturated carbocycles. The zero-order valence-electron chi connectivity index (χ0n) is 11.7. The third-order valence-corrected chi connectivity index (χ3v) is 4.63. The van der Waals surface area contributed by atoms with Crippen molar-refractivity contribution in [1.82, 2.24) is 0 Å². The van der Waals surface area contributed by atoms with E-state index in [0.717, 1.165) is 18.6 Å². The van der Waals surface area contributed by atoms with E-state index in [1.165, 1.54) is 11.1 Å². The van der Waals surface area contributed by atoms with Gasteiger partial charge in [-0.3, -0.25) is 4.79 Å². The number of ether oxygens (including phenoxy) is 1. The van der Waals surface area contributed by atoms with Crippen molar-refractivity contribution in [1.29, 1.82) is 0 Å². The van der Waals surface area contributed by atoms with Gasteiger partial charge in [0.05, 0.1) is 5.41 Å². The number of Topliss-reactive ketones (excluding diaryl/α,β-unsaturated/α-hetero) is 1. The Labute approximate surface area is 109 Å². The number of rotatable bonds is 4. The van der Waals surface area contributed by atoms with Gasteiger partial charge in [0.2, 0.25) is 0 Å². The first-order valence-electron chi connectivity index (χ1n) is 6.81. The number of hydrogen-bond acceptors (Lipinski definition) is 2. The van der Waals surface area contributed by atoms with E-state index in [0.29, 0.717) is 12.2 Å². The predicted molar refractivity (Wildman–Crippen MR) is 73.0 cm³/mol. The van der Waals surface area contributed by atoms with Crippen LogP contribution >= 0.6 is 0 Å². The summed E-state index contributed by atoms with van der Waals surface area (Å²) in [5.74, 6) is 1.29. The highest BCUT2D eigenvalue weighted by atomic mass is 16.5. The Balaban J connectivity index is 2.20. The van der Waals surface area contributed by atoms with Gasteiger partial charge in [-0.05, 0) is 43.9 Å². The van der Waals surface area contributed by atoms with Crippen molar-refractivity contribution < 1.29 is 9.53 Å². The molecular formula is C16H22O2. The first-order chi connectivity index (χ1) is 8.55. The fraction of sp³-hybridized carbons (Fsp3) is 0.562. The quantitative estimate of drug-likeness (QED) is 0.807. The first kappa shape index (κ1) is 13.1. The molecule has 0 saturated heterocycles. The molecule has 2 nitrogen and oxygen atoms in total. The van der Waals surface area contributed by atoms with E-state index in [2.05, 4.69) is 33.8 Å². The summed E-state index contributed by atoms with van der Waals surface area (Å²) in [6.45, 7) is 8.33. The molecule has 1 aromatic rings. The van der Waals surface area contributed by atoms with Gasteiger partial charge in [0.1, 0.15) is 17.6 Å². The smallest absolute Gasteiger partial charge is 0.146 e. The molecule has 0 bridgehead atoms. The van der Waals surface area contributed by atoms with Crippen LogP contribution in [0.25, 0.3) is 0 Å². The molecule has 1 fully saturated rings. The monoisotopic (exact) mass is 246 g/mol. The van der Waals surface area contributed by atoms with Crippen molar-refractivity contribution >= 4 is 5.78 Å². The molecule has 18 heavy (non-hydrogen) atoms. The van der Waals surface area contributed by atoms with Crippen LogP contribution in [0.5, 0.6) is 5.75 Å². The maximum Gasteiger partial charge on any atom is 0.146 e. The molecule has 0 N–H and O–H groups in total. The third kappa shape index (κ3) is 1.84. The van der Waals surface area contributed by atoms with Crippen molar-refractivity contribution in [3.63, 3.8) is 0 Å². The summed E-state index contributed by atoms with van der Waals surface area (Å²) in [6.07, 6.45) is 2.37. The second kappa shape index (κ2) is 4.75. The van der Waals surface area contributed by atoms with Gasteiger partial charge in [-0.15, -0.1) is 0 Å². The molecule has 2 rings (SSSR count). The second-order valence-corrected chi connectivity index (χ2v) is 5.30. The zero-order valence-corrected chi connectivity index (χ0v) is 11.7. The van der Waals surface area contributed by atoms with Crippen LogP contribution in [-0.4, -0.2) is 11.9 Å². The lowest BCUT2D eigenvalue weighted by Gasteiger charge is -2.46. The SMILES string of the molecule is CCC1(CC)C(=O)CC1Oc1cccc(C)c1C. The number of aryl methyl sites for hydroxylation is 1. The number of carbonyl (C=O) groups is 1. The summed E-state index contributed by atoms with van der Waals surface area (Å²) in [6, 6.07) is 6.10. The molecule has 0 amide bonds. The van der Waals surface area contributed by atoms with Crippen LogP contribution in [0, 0.1) is 19.3 Å². The molecule has 0 aliphatic heterocycles. The highest BCUT2D eigenvalue weighted by Gasteiger charge is 2.53. The molecule has 1 aromatic carbocycles. The van der Waals surface area contributed by atoms with Crippen LogP contribution in [0.2, 0.25) is 0 Å². The number of ketones is 1. The largest absolute Gasteiger partial charge is 0.489 e. The highest BCUT2D eigenvalue weighted by molar-refractivity contribution is 5.92. The van der Waals surface area contributed by atoms with E-state index >= 15 is 0 Å². The molecule has 1 unspecified atom stereocenters. The summed E-state index contributed by atoms with van der Waals surface area (Å²) >= 11 is 0. The molecule has 0 radical (unpaired) electrons. The van der Waals surface area contributed by atoms with E-state index in [-0.39, 0.29) is 11.5 Å². The van der Waals surface area contributed by atoms with E-state index < -0.39 is 0 Å². The average molecular weight is 246 g/mol. The van der Waals surface area contributed by atoms with Crippen LogP contribution in [0.15, 0.2) is 18.2 Å². The lowest BCUT2D eigenvalue weighted by atomic mass is 9.61. The molecule has 0 heterocycles. The zero-order chi connectivity index (χ0) is 13.3. The van der Waals surface area contributed by atoms with E-state index in [9.17, 15) is 4.79 Å². The Morgan fingerprint density at radius 2 is 1.94 bits per heavy atom. The topological polar surface area (TPSA) is 26.3 Å². The molecule has 0 aromatic heterocycles. The standard InChI is InChI=1S/C16H22O2/c1-5-16(6-2)14(17)10-15(16)18-13-9-7-8-11(3)12(13)4/h7-9,15H,5-6,10H2,1-4H3. The lowest BCUT2D eigenvalue weighted by molar-refractivity contribution is -0.153. The Bertz CT molecular complexity index is 458. The minimum atomic E-state index is -0.240. The lowest BCUT2D eigenvalue weighted by Crippen LogP contribution is -2.56. The van der Waals surface area contributed by atoms with E-state index in [1.807, 2.05) is 12.1 Å². The second-order valence-electron chi connectivity index (χ2n) is 5.30. The highest BCUT2D eigenvalue weighted by Crippen LogP contribution is 2.46. The Morgan fingerprint density at radius 3 is 2.50 bits per heavy atom. The maximum atomic E-state index is 11.9. The number of carbonyl (C=O) groups excluding carboxylic acids is 1. The fourth-order valence-corrected chi connectivity index (χ4v) is 2.87. The van der Waals surface area contributed by atoms with Crippen LogP contribution in [0.4, 0.5) is 0 Å². The molecule has 98 valence electrons. The third-order valence-electron chi connectivity index (χ3n) is 4.63. The molecule has 0 spiro atoms. The maximum absolute atomic E-state index is 11.9. The van der Waals surface area contributed by atoms with Crippen LogP contribution < -0.4 is 4.74 Å². The van der Waals surface area contributed by atoms with Crippen molar-refractivity contribution in [3.05, 3.63) is 29.3 Å². The Kier molecular flexibility index (Phi) is 3.47. The molecule has 1 aliphatic rings. The van der Waals surface area contributed by atoms with Crippen LogP contribution in [0.1, 0.15) is 44.2 Å². The van der Waals surface area contributed by atoms with Crippen molar-refractivity contribution in [2.45, 2.75) is 53.1 Å². The number of benzene rings is 1. The van der Waals surface area contributed by atoms with Gasteiger partial charge in [0, 0.05) is 6.42 Å². The van der Waals surface area contributed by atoms with E-state index in [1.54, 1.807) is 0 Å². The normalized spacial score (nSPS) is 21.6. The summed E-state index contributed by atoms with van der Waals surface area (Å²) < 4.78 is 6.11. The van der Waals surface area contributed by atoms with Gasteiger partial charge in [-0.2, -0.15) is 0 Å². The molecule has 2 heteroatoms. The van der Waals surface area contributed by atoms with Gasteiger partial charge < -0.3 is 4.74 Å². The summed E-state index contributed by atoms with van der Waals surface area (Å²) in [5.41, 5.74) is 2.17. The average Bonchev–Trinajstić information content (AvgIpc) is 2.36. The number of hydrogen-bond donors (Lipinski definition) is 0. The van der Waals surface area contributed by atoms with Gasteiger partial charge in [0.15, 0.2) is 0 Å². The van der Waals surface area contributed by atoms with Gasteiger partial charge in [0.25, 0.3) is 0 Å². The summed E-state index contributed by atoms with van der Waals surface area (Å²) in [5, 5.41) is 0. The van der Waals surface area contributed by atoms with E-state index in [4.69, 9.17) is 4.74 Å². The molecule has 1 atom stereocenters. The van der Waals surface area contributed by atoms with Crippen molar-refractivity contribution in [2.75, 3.05) is 0 Å². The van der Waals surface area contributed by atoms with Crippen LogP contribution in [0.3, 0.4) is 0 Å². The van der Waals surface area contributed by atoms with Crippen LogP contribution in [-0.2, 0) is 4.79 Å². The molecular weight excluding hydrogens is 224 g/mol. The molecule has 1 aliphatic carbocycles.